The van der Waals surface area contributed by atoms with Crippen molar-refractivity contribution in [2.24, 2.45) is 0 Å². The normalized spacial score (nSPS) is 12.2. The van der Waals surface area contributed by atoms with E-state index in [0.29, 0.717) is 28.6 Å². The molecule has 26 heavy (non-hydrogen) atoms. The average molecular weight is 373 g/mol. The minimum Gasteiger partial charge on any atom is -0.454 e. The third kappa shape index (κ3) is 3.62. The van der Waals surface area contributed by atoms with Crippen LogP contribution in [-0.2, 0) is 4.79 Å². The number of ether oxygens (including phenoxy) is 2. The minimum absolute atomic E-state index is 0.0548. The van der Waals surface area contributed by atoms with E-state index in [1.54, 1.807) is 24.3 Å². The van der Waals surface area contributed by atoms with Crippen LogP contribution in [0.4, 0.5) is 10.1 Å². The summed E-state index contributed by atoms with van der Waals surface area (Å²) in [6.45, 7) is 0.185. The Labute approximate surface area is 151 Å². The van der Waals surface area contributed by atoms with E-state index in [1.807, 2.05) is 0 Å². The molecule has 0 unspecified atom stereocenters. The molecule has 132 valence electrons. The second-order valence-electron chi connectivity index (χ2n) is 5.29. The number of nitrogens with zero attached hydrogens (tertiary/aromatic N) is 2. The molecule has 0 atom stereocenters. The van der Waals surface area contributed by atoms with Gasteiger partial charge < -0.3 is 19.2 Å². The number of carbonyl (C=O) groups excluding carboxylic acids is 1. The monoisotopic (exact) mass is 373 g/mol. The first kappa shape index (κ1) is 16.4. The standard InChI is InChI=1S/C17H12FN3O4S/c18-11-2-1-3-12(7-11)19-15(22)8-26-17-21-20-16(25-17)10-4-5-13-14(6-10)24-9-23-13/h1-7H,8-9H2,(H,19,22). The summed E-state index contributed by atoms with van der Waals surface area (Å²) >= 11 is 1.09. The lowest BCUT2D eigenvalue weighted by molar-refractivity contribution is -0.113. The highest BCUT2D eigenvalue weighted by Gasteiger charge is 2.17. The lowest BCUT2D eigenvalue weighted by Gasteiger charge is -2.03. The number of hydrogen-bond donors (Lipinski definition) is 1. The number of hydrogen-bond acceptors (Lipinski definition) is 7. The SMILES string of the molecule is O=C(CSc1nnc(-c2ccc3c(c2)OCO3)o1)Nc1cccc(F)c1. The van der Waals surface area contributed by atoms with Crippen molar-refractivity contribution < 1.29 is 23.1 Å². The summed E-state index contributed by atoms with van der Waals surface area (Å²) in [4.78, 5) is 11.9. The third-order valence-electron chi connectivity index (χ3n) is 3.46. The van der Waals surface area contributed by atoms with E-state index in [2.05, 4.69) is 15.5 Å². The lowest BCUT2D eigenvalue weighted by atomic mass is 10.2. The molecule has 0 spiro atoms. The summed E-state index contributed by atoms with van der Waals surface area (Å²) in [5.41, 5.74) is 1.08. The van der Waals surface area contributed by atoms with E-state index in [1.165, 1.54) is 18.2 Å². The number of anilines is 1. The van der Waals surface area contributed by atoms with Gasteiger partial charge in [0.15, 0.2) is 11.5 Å². The summed E-state index contributed by atoms with van der Waals surface area (Å²) in [5.74, 6) is 0.931. The van der Waals surface area contributed by atoms with E-state index in [4.69, 9.17) is 13.9 Å². The Bertz CT molecular complexity index is 963. The smallest absolute Gasteiger partial charge is 0.277 e. The highest BCUT2D eigenvalue weighted by molar-refractivity contribution is 7.99. The Morgan fingerprint density at radius 1 is 1.15 bits per heavy atom. The Hall–Kier alpha value is -3.07. The number of halogens is 1. The molecular formula is C17H12FN3O4S. The average Bonchev–Trinajstić information content (AvgIpc) is 3.28. The Kier molecular flexibility index (Phi) is 4.44. The van der Waals surface area contributed by atoms with Crippen LogP contribution in [0.1, 0.15) is 0 Å². The minimum atomic E-state index is -0.416. The molecular weight excluding hydrogens is 361 g/mol. The van der Waals surface area contributed by atoms with Gasteiger partial charge in [-0.1, -0.05) is 17.8 Å². The van der Waals surface area contributed by atoms with Crippen molar-refractivity contribution in [1.82, 2.24) is 10.2 Å². The highest BCUT2D eigenvalue weighted by atomic mass is 32.2. The number of benzene rings is 2. The van der Waals surface area contributed by atoms with Gasteiger partial charge in [-0.05, 0) is 36.4 Å². The maximum absolute atomic E-state index is 13.1. The van der Waals surface area contributed by atoms with E-state index < -0.39 is 5.82 Å². The van der Waals surface area contributed by atoms with Gasteiger partial charge in [0.2, 0.25) is 18.6 Å². The van der Waals surface area contributed by atoms with Gasteiger partial charge in [-0.25, -0.2) is 4.39 Å². The van der Waals surface area contributed by atoms with Crippen LogP contribution in [0.15, 0.2) is 52.1 Å². The van der Waals surface area contributed by atoms with Crippen molar-refractivity contribution in [3.63, 3.8) is 0 Å². The quantitative estimate of drug-likeness (QED) is 0.687. The summed E-state index contributed by atoms with van der Waals surface area (Å²) in [6, 6.07) is 11.0. The molecule has 3 aromatic rings. The third-order valence-corrected chi connectivity index (χ3v) is 4.28. The van der Waals surface area contributed by atoms with Gasteiger partial charge in [-0.2, -0.15) is 0 Å². The maximum Gasteiger partial charge on any atom is 0.277 e. The van der Waals surface area contributed by atoms with Crippen molar-refractivity contribution in [2.75, 3.05) is 17.9 Å². The number of rotatable bonds is 5. The molecule has 2 aromatic carbocycles. The molecule has 1 aliphatic heterocycles. The Balaban J connectivity index is 1.37. The predicted molar refractivity (Wildman–Crippen MR) is 91.6 cm³/mol. The van der Waals surface area contributed by atoms with Crippen LogP contribution in [0.2, 0.25) is 0 Å². The fourth-order valence-electron chi connectivity index (χ4n) is 2.30. The number of amides is 1. The fraction of sp³-hybridized carbons (Fsp3) is 0.118. The van der Waals surface area contributed by atoms with Gasteiger partial charge in [0.05, 0.1) is 5.75 Å². The van der Waals surface area contributed by atoms with Crippen LogP contribution in [0.25, 0.3) is 11.5 Å². The maximum atomic E-state index is 13.1. The molecule has 0 radical (unpaired) electrons. The molecule has 0 bridgehead atoms. The first-order valence-electron chi connectivity index (χ1n) is 7.59. The van der Waals surface area contributed by atoms with Crippen molar-refractivity contribution in [1.29, 1.82) is 0 Å². The van der Waals surface area contributed by atoms with Crippen LogP contribution < -0.4 is 14.8 Å². The second-order valence-corrected chi connectivity index (χ2v) is 6.21. The van der Waals surface area contributed by atoms with Crippen LogP contribution in [0.3, 0.4) is 0 Å². The molecule has 7 nitrogen and oxygen atoms in total. The van der Waals surface area contributed by atoms with E-state index in [9.17, 15) is 9.18 Å². The van der Waals surface area contributed by atoms with E-state index in [-0.39, 0.29) is 23.7 Å². The van der Waals surface area contributed by atoms with Crippen molar-refractivity contribution in [2.45, 2.75) is 5.22 Å². The van der Waals surface area contributed by atoms with Crippen LogP contribution in [0, 0.1) is 5.82 Å². The van der Waals surface area contributed by atoms with Gasteiger partial charge in [-0.3, -0.25) is 4.79 Å². The molecule has 1 aromatic heterocycles. The molecule has 1 aliphatic rings. The van der Waals surface area contributed by atoms with Crippen molar-refractivity contribution in [3.8, 4) is 23.0 Å². The van der Waals surface area contributed by atoms with Crippen LogP contribution in [0.5, 0.6) is 11.5 Å². The molecule has 1 N–H and O–H groups in total. The van der Waals surface area contributed by atoms with Gasteiger partial charge in [0.25, 0.3) is 5.22 Å². The Morgan fingerprint density at radius 3 is 2.92 bits per heavy atom. The summed E-state index contributed by atoms with van der Waals surface area (Å²) in [6.07, 6.45) is 0. The molecule has 1 amide bonds. The fourth-order valence-corrected chi connectivity index (χ4v) is 2.87. The molecule has 0 saturated heterocycles. The first-order chi connectivity index (χ1) is 12.7. The van der Waals surface area contributed by atoms with Crippen LogP contribution in [-0.4, -0.2) is 28.7 Å². The largest absolute Gasteiger partial charge is 0.454 e. The molecule has 0 fully saturated rings. The molecule has 4 rings (SSSR count). The number of thioether (sulfide) groups is 1. The zero-order chi connectivity index (χ0) is 17.9. The van der Waals surface area contributed by atoms with Gasteiger partial charge in [-0.15, -0.1) is 10.2 Å². The summed E-state index contributed by atoms with van der Waals surface area (Å²) < 4.78 is 29.2. The first-order valence-corrected chi connectivity index (χ1v) is 8.58. The predicted octanol–water partition coefficient (Wildman–Crippen LogP) is 3.34. The van der Waals surface area contributed by atoms with Gasteiger partial charge >= 0.3 is 0 Å². The Morgan fingerprint density at radius 2 is 2.04 bits per heavy atom. The molecule has 0 saturated carbocycles. The van der Waals surface area contributed by atoms with E-state index >= 15 is 0 Å². The van der Waals surface area contributed by atoms with Crippen LogP contribution >= 0.6 is 11.8 Å². The lowest BCUT2D eigenvalue weighted by Crippen LogP contribution is -2.14. The van der Waals surface area contributed by atoms with Crippen molar-refractivity contribution in [3.05, 3.63) is 48.3 Å². The van der Waals surface area contributed by atoms with Gasteiger partial charge in [0.1, 0.15) is 5.82 Å². The number of carbonyl (C=O) groups is 1. The molecule has 9 heteroatoms. The number of aromatic nitrogens is 2. The highest BCUT2D eigenvalue weighted by Crippen LogP contribution is 2.36. The zero-order valence-corrected chi connectivity index (χ0v) is 14.1. The number of fused-ring (bicyclic) bond motifs is 1. The molecule has 0 aliphatic carbocycles. The summed E-state index contributed by atoms with van der Waals surface area (Å²) in [7, 11) is 0. The zero-order valence-electron chi connectivity index (χ0n) is 13.3. The van der Waals surface area contributed by atoms with E-state index in [0.717, 1.165) is 11.8 Å². The van der Waals surface area contributed by atoms with Crippen molar-refractivity contribution >= 4 is 23.4 Å². The topological polar surface area (TPSA) is 86.5 Å². The summed E-state index contributed by atoms with van der Waals surface area (Å²) in [5, 5.41) is 10.7. The second kappa shape index (κ2) is 7.04. The van der Waals surface area contributed by atoms with Gasteiger partial charge in [0, 0.05) is 11.3 Å². The molecule has 2 heterocycles. The number of nitrogens with one attached hydrogen (secondary N) is 1.